The standard InChI is InChI=1S/C20H26N2O4/c23-19(14-15-5-6-17-16(13-15)3-1-11-25-17)21-7-9-22(10-8-21)20(24)18-4-2-12-26-18/h5-6,13,18H,1-4,7-12,14H2. The van der Waals surface area contributed by atoms with Crippen molar-refractivity contribution in [2.24, 2.45) is 0 Å². The number of carbonyl (C=O) groups excluding carboxylic acids is 2. The molecule has 0 saturated carbocycles. The molecule has 0 spiro atoms. The van der Waals surface area contributed by atoms with Gasteiger partial charge in [0.05, 0.1) is 13.0 Å². The van der Waals surface area contributed by atoms with Crippen LogP contribution in [0.5, 0.6) is 5.75 Å². The summed E-state index contributed by atoms with van der Waals surface area (Å²) in [4.78, 5) is 28.7. The maximum absolute atomic E-state index is 12.6. The van der Waals surface area contributed by atoms with Gasteiger partial charge in [-0.25, -0.2) is 0 Å². The topological polar surface area (TPSA) is 59.1 Å². The summed E-state index contributed by atoms with van der Waals surface area (Å²) in [6.07, 6.45) is 3.97. The smallest absolute Gasteiger partial charge is 0.251 e. The number of aryl methyl sites for hydroxylation is 1. The molecule has 6 nitrogen and oxygen atoms in total. The zero-order valence-corrected chi connectivity index (χ0v) is 15.1. The van der Waals surface area contributed by atoms with E-state index in [0.29, 0.717) is 39.2 Å². The molecule has 0 radical (unpaired) electrons. The van der Waals surface area contributed by atoms with Gasteiger partial charge in [0.1, 0.15) is 11.9 Å². The molecule has 140 valence electrons. The van der Waals surface area contributed by atoms with Gasteiger partial charge in [0.2, 0.25) is 5.91 Å². The molecule has 0 N–H and O–H groups in total. The number of benzene rings is 1. The van der Waals surface area contributed by atoms with Crippen molar-refractivity contribution in [3.05, 3.63) is 29.3 Å². The minimum Gasteiger partial charge on any atom is -0.493 e. The summed E-state index contributed by atoms with van der Waals surface area (Å²) >= 11 is 0. The number of fused-ring (bicyclic) bond motifs is 1. The van der Waals surface area contributed by atoms with E-state index in [0.717, 1.165) is 43.6 Å². The van der Waals surface area contributed by atoms with Crippen molar-refractivity contribution < 1.29 is 19.1 Å². The molecule has 3 aliphatic rings. The van der Waals surface area contributed by atoms with E-state index in [4.69, 9.17) is 9.47 Å². The van der Waals surface area contributed by atoms with Gasteiger partial charge in [0.25, 0.3) is 5.91 Å². The van der Waals surface area contributed by atoms with Gasteiger partial charge in [-0.15, -0.1) is 0 Å². The number of hydrogen-bond donors (Lipinski definition) is 0. The molecule has 1 aromatic carbocycles. The summed E-state index contributed by atoms with van der Waals surface area (Å²) in [5.41, 5.74) is 2.24. The van der Waals surface area contributed by atoms with Crippen LogP contribution in [0.25, 0.3) is 0 Å². The summed E-state index contributed by atoms with van der Waals surface area (Å²) in [5, 5.41) is 0. The Kier molecular flexibility index (Phi) is 5.11. The molecule has 0 bridgehead atoms. The first-order valence-corrected chi connectivity index (χ1v) is 9.63. The number of piperazine rings is 1. The molecule has 4 rings (SSSR count). The Morgan fingerprint density at radius 2 is 1.85 bits per heavy atom. The second kappa shape index (κ2) is 7.66. The molecular weight excluding hydrogens is 332 g/mol. The molecule has 1 aromatic rings. The molecule has 6 heteroatoms. The lowest BCUT2D eigenvalue weighted by Gasteiger charge is -2.35. The summed E-state index contributed by atoms with van der Waals surface area (Å²) in [5.74, 6) is 1.17. The van der Waals surface area contributed by atoms with Gasteiger partial charge in [0, 0.05) is 32.8 Å². The average Bonchev–Trinajstić information content (AvgIpc) is 3.22. The Hall–Kier alpha value is -2.08. The Morgan fingerprint density at radius 1 is 1.04 bits per heavy atom. The largest absolute Gasteiger partial charge is 0.493 e. The molecule has 3 heterocycles. The first-order chi connectivity index (χ1) is 12.7. The maximum atomic E-state index is 12.6. The third kappa shape index (κ3) is 3.70. The maximum Gasteiger partial charge on any atom is 0.251 e. The number of nitrogens with zero attached hydrogens (tertiary/aromatic N) is 2. The molecule has 0 aliphatic carbocycles. The summed E-state index contributed by atoms with van der Waals surface area (Å²) in [7, 11) is 0. The fourth-order valence-corrected chi connectivity index (χ4v) is 3.96. The Morgan fingerprint density at radius 3 is 2.62 bits per heavy atom. The minimum atomic E-state index is -0.269. The number of carbonyl (C=O) groups is 2. The molecule has 1 unspecified atom stereocenters. The van der Waals surface area contributed by atoms with Crippen molar-refractivity contribution in [1.29, 1.82) is 0 Å². The average molecular weight is 358 g/mol. The van der Waals surface area contributed by atoms with Crippen LogP contribution in [0.3, 0.4) is 0 Å². The van der Waals surface area contributed by atoms with Crippen LogP contribution in [-0.2, 0) is 27.2 Å². The molecule has 2 fully saturated rings. The van der Waals surface area contributed by atoms with Crippen molar-refractivity contribution in [1.82, 2.24) is 9.80 Å². The van der Waals surface area contributed by atoms with Crippen LogP contribution in [-0.4, -0.2) is 67.1 Å². The van der Waals surface area contributed by atoms with E-state index in [1.165, 1.54) is 5.56 Å². The van der Waals surface area contributed by atoms with Gasteiger partial charge in [-0.05, 0) is 42.9 Å². The van der Waals surface area contributed by atoms with Crippen LogP contribution >= 0.6 is 0 Å². The van der Waals surface area contributed by atoms with E-state index in [9.17, 15) is 9.59 Å². The van der Waals surface area contributed by atoms with Gasteiger partial charge in [-0.1, -0.05) is 12.1 Å². The second-order valence-corrected chi connectivity index (χ2v) is 7.28. The first-order valence-electron chi connectivity index (χ1n) is 9.63. The van der Waals surface area contributed by atoms with Gasteiger partial charge in [-0.2, -0.15) is 0 Å². The Balaban J connectivity index is 1.30. The number of ether oxygens (including phenoxy) is 2. The fraction of sp³-hybridized carbons (Fsp3) is 0.600. The molecule has 0 aromatic heterocycles. The number of rotatable bonds is 3. The van der Waals surface area contributed by atoms with E-state index in [1.807, 2.05) is 21.9 Å². The van der Waals surface area contributed by atoms with Crippen LogP contribution in [0.15, 0.2) is 18.2 Å². The van der Waals surface area contributed by atoms with Gasteiger partial charge in [-0.3, -0.25) is 9.59 Å². The molecular formula is C20H26N2O4. The highest BCUT2D eigenvalue weighted by Gasteiger charge is 2.31. The van der Waals surface area contributed by atoms with E-state index < -0.39 is 0 Å². The summed E-state index contributed by atoms with van der Waals surface area (Å²) < 4.78 is 11.1. The second-order valence-electron chi connectivity index (χ2n) is 7.28. The monoisotopic (exact) mass is 358 g/mol. The Bertz CT molecular complexity index is 676. The number of hydrogen-bond acceptors (Lipinski definition) is 4. The van der Waals surface area contributed by atoms with Crippen molar-refractivity contribution in [3.63, 3.8) is 0 Å². The van der Waals surface area contributed by atoms with Crippen molar-refractivity contribution in [2.75, 3.05) is 39.4 Å². The van der Waals surface area contributed by atoms with Crippen LogP contribution in [0.2, 0.25) is 0 Å². The molecule has 3 aliphatic heterocycles. The first kappa shape index (κ1) is 17.3. The van der Waals surface area contributed by atoms with Crippen LogP contribution in [0.1, 0.15) is 30.4 Å². The van der Waals surface area contributed by atoms with Crippen LogP contribution in [0.4, 0.5) is 0 Å². The van der Waals surface area contributed by atoms with Crippen LogP contribution in [0, 0.1) is 0 Å². The van der Waals surface area contributed by atoms with E-state index in [-0.39, 0.29) is 17.9 Å². The van der Waals surface area contributed by atoms with Gasteiger partial charge < -0.3 is 19.3 Å². The molecule has 26 heavy (non-hydrogen) atoms. The highest BCUT2D eigenvalue weighted by molar-refractivity contribution is 5.82. The quantitative estimate of drug-likeness (QED) is 0.820. The lowest BCUT2D eigenvalue weighted by atomic mass is 10.0. The van der Waals surface area contributed by atoms with E-state index >= 15 is 0 Å². The van der Waals surface area contributed by atoms with Crippen molar-refractivity contribution >= 4 is 11.8 Å². The van der Waals surface area contributed by atoms with Gasteiger partial charge in [0.15, 0.2) is 0 Å². The van der Waals surface area contributed by atoms with E-state index in [2.05, 4.69) is 6.07 Å². The Labute approximate surface area is 154 Å². The minimum absolute atomic E-state index is 0.0873. The molecule has 1 atom stereocenters. The lowest BCUT2D eigenvalue weighted by molar-refractivity contribution is -0.145. The highest BCUT2D eigenvalue weighted by atomic mass is 16.5. The SMILES string of the molecule is O=C(Cc1ccc2c(c1)CCCO2)N1CCN(C(=O)C2CCCO2)CC1. The zero-order valence-electron chi connectivity index (χ0n) is 15.1. The third-order valence-electron chi connectivity index (χ3n) is 5.48. The fourth-order valence-electron chi connectivity index (χ4n) is 3.96. The highest BCUT2D eigenvalue weighted by Crippen LogP contribution is 2.26. The van der Waals surface area contributed by atoms with Gasteiger partial charge >= 0.3 is 0 Å². The van der Waals surface area contributed by atoms with Crippen molar-refractivity contribution in [2.45, 2.75) is 38.2 Å². The van der Waals surface area contributed by atoms with E-state index in [1.54, 1.807) is 0 Å². The summed E-state index contributed by atoms with van der Waals surface area (Å²) in [6.45, 7) is 3.86. The lowest BCUT2D eigenvalue weighted by Crippen LogP contribution is -2.53. The normalized spacial score (nSPS) is 22.7. The molecule has 2 saturated heterocycles. The predicted molar refractivity (Wildman–Crippen MR) is 96.1 cm³/mol. The number of amides is 2. The zero-order chi connectivity index (χ0) is 17.9. The summed E-state index contributed by atoms with van der Waals surface area (Å²) in [6, 6.07) is 6.07. The van der Waals surface area contributed by atoms with Crippen molar-refractivity contribution in [3.8, 4) is 5.75 Å². The predicted octanol–water partition coefficient (Wildman–Crippen LogP) is 1.40. The molecule has 2 amide bonds. The van der Waals surface area contributed by atoms with Crippen LogP contribution < -0.4 is 4.74 Å². The third-order valence-corrected chi connectivity index (χ3v) is 5.48.